The molecule has 0 unspecified atom stereocenters. The highest BCUT2D eigenvalue weighted by molar-refractivity contribution is 6.01. The summed E-state index contributed by atoms with van der Waals surface area (Å²) in [6, 6.07) is 4.76. The van der Waals surface area contributed by atoms with Crippen molar-refractivity contribution in [3.63, 3.8) is 0 Å². The van der Waals surface area contributed by atoms with E-state index in [0.29, 0.717) is 17.2 Å². The van der Waals surface area contributed by atoms with Crippen LogP contribution in [-0.4, -0.2) is 55.1 Å². The second-order valence-electron chi connectivity index (χ2n) is 8.56. The average Bonchev–Trinajstić information content (AvgIpc) is 3.37. The summed E-state index contributed by atoms with van der Waals surface area (Å²) < 4.78 is 10.7. The van der Waals surface area contributed by atoms with Gasteiger partial charge in [-0.2, -0.15) is 0 Å². The monoisotopic (exact) mass is 415 g/mol. The summed E-state index contributed by atoms with van der Waals surface area (Å²) in [5, 5.41) is 2.94. The van der Waals surface area contributed by atoms with Crippen LogP contribution < -0.4 is 19.7 Å². The number of hydrogen-bond acceptors (Lipinski definition) is 5. The second kappa shape index (κ2) is 8.53. The Kier molecular flexibility index (Phi) is 5.83. The van der Waals surface area contributed by atoms with Gasteiger partial charge in [0.2, 0.25) is 24.5 Å². The van der Waals surface area contributed by atoms with Crippen LogP contribution in [0.15, 0.2) is 18.2 Å². The molecule has 3 aliphatic heterocycles. The van der Waals surface area contributed by atoms with Gasteiger partial charge in [0.25, 0.3) is 0 Å². The first kappa shape index (κ1) is 20.5. The topological polar surface area (TPSA) is 88.2 Å². The lowest BCUT2D eigenvalue weighted by atomic mass is 9.99. The van der Waals surface area contributed by atoms with Gasteiger partial charge in [-0.3, -0.25) is 14.4 Å². The largest absolute Gasteiger partial charge is 0.454 e. The summed E-state index contributed by atoms with van der Waals surface area (Å²) in [4.78, 5) is 42.0. The molecule has 1 N–H and O–H groups in total. The van der Waals surface area contributed by atoms with Crippen LogP contribution in [0.2, 0.25) is 0 Å². The molecule has 0 radical (unpaired) electrons. The highest BCUT2D eigenvalue weighted by atomic mass is 16.7. The number of piperidine rings is 1. The highest BCUT2D eigenvalue weighted by Gasteiger charge is 2.38. The van der Waals surface area contributed by atoms with Gasteiger partial charge in [-0.15, -0.1) is 0 Å². The first-order chi connectivity index (χ1) is 14.4. The van der Waals surface area contributed by atoms with Crippen molar-refractivity contribution in [2.45, 2.75) is 45.6 Å². The van der Waals surface area contributed by atoms with Crippen LogP contribution in [0.25, 0.3) is 0 Å². The van der Waals surface area contributed by atoms with E-state index in [1.54, 1.807) is 23.1 Å². The first-order valence-corrected chi connectivity index (χ1v) is 10.7. The molecule has 0 spiro atoms. The van der Waals surface area contributed by atoms with Crippen molar-refractivity contribution >= 4 is 23.4 Å². The molecule has 30 heavy (non-hydrogen) atoms. The number of nitrogens with one attached hydrogen (secondary N) is 1. The molecular weight excluding hydrogens is 386 g/mol. The standard InChI is InChI=1S/C22H29N3O5/c1-14(2)20(22(28)24-8-4-3-5-9-24)23-21(27)15-10-19(26)25(12-15)16-6-7-17-18(11-16)30-13-29-17/h6-7,11,14-15,20H,3-5,8-10,12-13H2,1-2H3,(H,23,27)/t15-,20-/m0/s1. The molecule has 3 amide bonds. The maximum absolute atomic E-state index is 13.0. The normalized spacial score (nSPS) is 21.8. The minimum absolute atomic E-state index is 0.0185. The summed E-state index contributed by atoms with van der Waals surface area (Å²) in [5.74, 6) is 0.364. The van der Waals surface area contributed by atoms with E-state index < -0.39 is 12.0 Å². The summed E-state index contributed by atoms with van der Waals surface area (Å²) in [5.41, 5.74) is 0.685. The van der Waals surface area contributed by atoms with Crippen molar-refractivity contribution in [2.24, 2.45) is 11.8 Å². The van der Waals surface area contributed by atoms with Gasteiger partial charge in [-0.25, -0.2) is 0 Å². The van der Waals surface area contributed by atoms with Gasteiger partial charge < -0.3 is 24.6 Å². The van der Waals surface area contributed by atoms with E-state index in [-0.39, 0.29) is 43.4 Å². The minimum Gasteiger partial charge on any atom is -0.454 e. The van der Waals surface area contributed by atoms with Gasteiger partial charge in [-0.1, -0.05) is 13.8 Å². The minimum atomic E-state index is -0.565. The molecule has 2 saturated heterocycles. The Hall–Kier alpha value is -2.77. The molecule has 3 aliphatic rings. The van der Waals surface area contributed by atoms with Crippen LogP contribution in [0.4, 0.5) is 5.69 Å². The van der Waals surface area contributed by atoms with Crippen molar-refractivity contribution in [1.82, 2.24) is 10.2 Å². The smallest absolute Gasteiger partial charge is 0.245 e. The molecule has 162 valence electrons. The van der Waals surface area contributed by atoms with Crippen molar-refractivity contribution in [3.8, 4) is 11.5 Å². The number of anilines is 1. The molecule has 1 aromatic carbocycles. The van der Waals surface area contributed by atoms with Crippen molar-refractivity contribution < 1.29 is 23.9 Å². The summed E-state index contributed by atoms with van der Waals surface area (Å²) in [7, 11) is 0. The van der Waals surface area contributed by atoms with E-state index in [0.717, 1.165) is 32.4 Å². The Morgan fingerprint density at radius 3 is 2.57 bits per heavy atom. The molecule has 0 aliphatic carbocycles. The van der Waals surface area contributed by atoms with Crippen LogP contribution in [0, 0.1) is 11.8 Å². The number of carbonyl (C=O) groups excluding carboxylic acids is 3. The molecule has 0 aromatic heterocycles. The molecule has 4 rings (SSSR count). The van der Waals surface area contributed by atoms with E-state index in [2.05, 4.69) is 5.32 Å². The molecule has 0 bridgehead atoms. The van der Waals surface area contributed by atoms with Crippen molar-refractivity contribution in [2.75, 3.05) is 31.3 Å². The third-order valence-corrected chi connectivity index (χ3v) is 6.06. The lowest BCUT2D eigenvalue weighted by Gasteiger charge is -2.32. The Labute approximate surface area is 176 Å². The fraction of sp³-hybridized carbons (Fsp3) is 0.591. The second-order valence-corrected chi connectivity index (χ2v) is 8.56. The lowest BCUT2D eigenvalue weighted by Crippen LogP contribution is -2.53. The molecule has 1 aromatic rings. The van der Waals surface area contributed by atoms with E-state index in [1.807, 2.05) is 18.7 Å². The third kappa shape index (κ3) is 4.08. The number of amides is 3. The zero-order valence-corrected chi connectivity index (χ0v) is 17.6. The van der Waals surface area contributed by atoms with E-state index in [4.69, 9.17) is 9.47 Å². The molecular formula is C22H29N3O5. The van der Waals surface area contributed by atoms with Crippen LogP contribution in [0.3, 0.4) is 0 Å². The van der Waals surface area contributed by atoms with Gasteiger partial charge in [0.1, 0.15) is 6.04 Å². The van der Waals surface area contributed by atoms with E-state index >= 15 is 0 Å². The van der Waals surface area contributed by atoms with Crippen LogP contribution in [0.5, 0.6) is 11.5 Å². The lowest BCUT2D eigenvalue weighted by molar-refractivity contribution is -0.139. The molecule has 0 saturated carbocycles. The van der Waals surface area contributed by atoms with Crippen LogP contribution in [0.1, 0.15) is 39.5 Å². The molecule has 2 atom stereocenters. The fourth-order valence-electron chi connectivity index (χ4n) is 4.28. The number of benzene rings is 1. The third-order valence-electron chi connectivity index (χ3n) is 6.06. The maximum atomic E-state index is 13.0. The van der Waals surface area contributed by atoms with Crippen LogP contribution in [-0.2, 0) is 14.4 Å². The van der Waals surface area contributed by atoms with Crippen molar-refractivity contribution in [3.05, 3.63) is 18.2 Å². The van der Waals surface area contributed by atoms with Crippen LogP contribution >= 0.6 is 0 Å². The van der Waals surface area contributed by atoms with E-state index in [1.165, 1.54) is 0 Å². The van der Waals surface area contributed by atoms with Gasteiger partial charge in [-0.05, 0) is 37.3 Å². The zero-order chi connectivity index (χ0) is 21.3. The number of ether oxygens (including phenoxy) is 2. The van der Waals surface area contributed by atoms with E-state index in [9.17, 15) is 14.4 Å². The number of hydrogen-bond donors (Lipinski definition) is 1. The number of nitrogens with zero attached hydrogens (tertiary/aromatic N) is 2. The fourth-order valence-corrected chi connectivity index (χ4v) is 4.28. The quantitative estimate of drug-likeness (QED) is 0.794. The summed E-state index contributed by atoms with van der Waals surface area (Å²) >= 11 is 0. The number of likely N-dealkylation sites (tertiary alicyclic amines) is 1. The average molecular weight is 415 g/mol. The van der Waals surface area contributed by atoms with Crippen molar-refractivity contribution in [1.29, 1.82) is 0 Å². The number of fused-ring (bicyclic) bond motifs is 1. The van der Waals surface area contributed by atoms with Gasteiger partial charge in [0.05, 0.1) is 5.92 Å². The molecule has 2 fully saturated rings. The first-order valence-electron chi connectivity index (χ1n) is 10.7. The predicted octanol–water partition coefficient (Wildman–Crippen LogP) is 1.92. The predicted molar refractivity (Wildman–Crippen MR) is 110 cm³/mol. The Bertz CT molecular complexity index is 834. The SMILES string of the molecule is CC(C)[C@H](NC(=O)[C@H]1CC(=O)N(c2ccc3c(c2)OCO3)C1)C(=O)N1CCCCC1. The Balaban J connectivity index is 1.41. The molecule has 8 nitrogen and oxygen atoms in total. The van der Waals surface area contributed by atoms with Gasteiger partial charge >= 0.3 is 0 Å². The zero-order valence-electron chi connectivity index (χ0n) is 17.6. The summed E-state index contributed by atoms with van der Waals surface area (Å²) in [6.07, 6.45) is 3.28. The number of rotatable bonds is 5. The number of carbonyl (C=O) groups is 3. The Morgan fingerprint density at radius 2 is 1.83 bits per heavy atom. The molecule has 3 heterocycles. The summed E-state index contributed by atoms with van der Waals surface area (Å²) in [6.45, 7) is 5.82. The maximum Gasteiger partial charge on any atom is 0.245 e. The molecule has 8 heteroatoms. The highest BCUT2D eigenvalue weighted by Crippen LogP contribution is 2.37. The van der Waals surface area contributed by atoms with Gasteiger partial charge in [0, 0.05) is 37.8 Å². The van der Waals surface area contributed by atoms with Gasteiger partial charge in [0.15, 0.2) is 11.5 Å². The Morgan fingerprint density at radius 1 is 1.10 bits per heavy atom.